The average Bonchev–Trinajstić information content (AvgIpc) is 3.01. The molecule has 0 unspecified atom stereocenters. The van der Waals surface area contributed by atoms with Crippen molar-refractivity contribution in [1.29, 1.82) is 0 Å². The standard InChI is InChI=1S/C31H14N6O6/c38-15-32-24-7-1-21(2-8-24)31(22-3-9-25(10-4-22)33-16-39,23-5-11-26(12-6-23)34-17-40)30-28(36-19-42)13-27(35-18-41)14-29(30)37-20-43/h1-14H. The molecule has 0 atom stereocenters. The van der Waals surface area contributed by atoms with Gasteiger partial charge in [-0.3, -0.25) is 0 Å². The van der Waals surface area contributed by atoms with Gasteiger partial charge in [0, 0.05) is 5.56 Å². The molecule has 4 aromatic carbocycles. The third-order valence-electron chi connectivity index (χ3n) is 6.39. The van der Waals surface area contributed by atoms with Crippen LogP contribution in [0.2, 0.25) is 0 Å². The molecular formula is C31H14N6O6. The van der Waals surface area contributed by atoms with Crippen molar-refractivity contribution >= 4 is 70.6 Å². The lowest BCUT2D eigenvalue weighted by molar-refractivity contribution is 0.564. The van der Waals surface area contributed by atoms with Gasteiger partial charge >= 0.3 is 0 Å². The minimum Gasteiger partial charge on any atom is -0.211 e. The highest BCUT2D eigenvalue weighted by atomic mass is 16.1. The number of hydrogen-bond acceptors (Lipinski definition) is 12. The summed E-state index contributed by atoms with van der Waals surface area (Å²) in [5.41, 5.74) is 0.842. The molecule has 4 rings (SSSR count). The Balaban J connectivity index is 2.31. The number of nitrogens with zero attached hydrogens (tertiary/aromatic N) is 6. The lowest BCUT2D eigenvalue weighted by Crippen LogP contribution is -2.31. The predicted octanol–water partition coefficient (Wildman–Crippen LogP) is 5.87. The normalized spacial score (nSPS) is 11.0. The molecule has 0 aliphatic rings. The molecule has 0 radical (unpaired) electrons. The smallest absolute Gasteiger partial charge is 0.211 e. The van der Waals surface area contributed by atoms with Crippen molar-refractivity contribution in [2.45, 2.75) is 5.41 Å². The maximum Gasteiger partial charge on any atom is 0.240 e. The number of isocyanates is 6. The van der Waals surface area contributed by atoms with Crippen LogP contribution in [0.25, 0.3) is 0 Å². The summed E-state index contributed by atoms with van der Waals surface area (Å²) < 4.78 is 0. The summed E-state index contributed by atoms with van der Waals surface area (Å²) in [5.74, 6) is 0. The van der Waals surface area contributed by atoms with E-state index in [2.05, 4.69) is 30.0 Å². The molecule has 0 saturated heterocycles. The third-order valence-corrected chi connectivity index (χ3v) is 6.39. The summed E-state index contributed by atoms with van der Waals surface area (Å²) in [4.78, 5) is 89.5. The van der Waals surface area contributed by atoms with Gasteiger partial charge in [0.15, 0.2) is 0 Å². The van der Waals surface area contributed by atoms with Crippen molar-refractivity contribution in [1.82, 2.24) is 0 Å². The van der Waals surface area contributed by atoms with Crippen LogP contribution in [-0.4, -0.2) is 36.5 Å². The van der Waals surface area contributed by atoms with Crippen LogP contribution < -0.4 is 0 Å². The molecule has 0 aromatic heterocycles. The first-order valence-electron chi connectivity index (χ1n) is 12.0. The van der Waals surface area contributed by atoms with E-state index in [0.29, 0.717) is 16.7 Å². The lowest BCUT2D eigenvalue weighted by Gasteiger charge is -2.38. The number of aliphatic imine (C=N–C) groups is 6. The Hall–Kier alpha value is -6.84. The summed E-state index contributed by atoms with van der Waals surface area (Å²) in [6.45, 7) is 0. The van der Waals surface area contributed by atoms with E-state index >= 15 is 0 Å². The Morgan fingerprint density at radius 1 is 0.372 bits per heavy atom. The second-order valence-corrected chi connectivity index (χ2v) is 8.47. The fraction of sp³-hybridized carbons (Fsp3) is 0.0323. The monoisotopic (exact) mass is 566 g/mol. The molecule has 0 N–H and O–H groups in total. The zero-order chi connectivity index (χ0) is 30.7. The van der Waals surface area contributed by atoms with Crippen LogP contribution in [0, 0.1) is 0 Å². The number of benzene rings is 4. The molecule has 0 spiro atoms. The van der Waals surface area contributed by atoms with Crippen LogP contribution in [0.5, 0.6) is 0 Å². The van der Waals surface area contributed by atoms with Crippen molar-refractivity contribution in [3.63, 3.8) is 0 Å². The minimum atomic E-state index is -1.49. The van der Waals surface area contributed by atoms with Crippen LogP contribution >= 0.6 is 0 Å². The van der Waals surface area contributed by atoms with Crippen molar-refractivity contribution < 1.29 is 28.8 Å². The van der Waals surface area contributed by atoms with Crippen LogP contribution in [0.4, 0.5) is 34.1 Å². The van der Waals surface area contributed by atoms with Gasteiger partial charge in [-0.2, -0.15) is 30.0 Å². The van der Waals surface area contributed by atoms with Gasteiger partial charge in [0.1, 0.15) is 0 Å². The Bertz CT molecular complexity index is 1800. The maximum atomic E-state index is 11.7. The molecule has 12 nitrogen and oxygen atoms in total. The number of rotatable bonds is 10. The van der Waals surface area contributed by atoms with Gasteiger partial charge in [0.2, 0.25) is 36.5 Å². The summed E-state index contributed by atoms with van der Waals surface area (Å²) >= 11 is 0. The largest absolute Gasteiger partial charge is 0.240 e. The van der Waals surface area contributed by atoms with E-state index in [1.807, 2.05) is 0 Å². The predicted molar refractivity (Wildman–Crippen MR) is 151 cm³/mol. The molecule has 12 heteroatoms. The highest BCUT2D eigenvalue weighted by Gasteiger charge is 2.42. The molecule has 4 aromatic rings. The van der Waals surface area contributed by atoms with E-state index < -0.39 is 5.41 Å². The quantitative estimate of drug-likeness (QED) is 0.132. The van der Waals surface area contributed by atoms with Crippen LogP contribution in [0.15, 0.2) is 115 Å². The number of carbonyl (C=O) groups excluding carboxylic acids is 6. The second-order valence-electron chi connectivity index (χ2n) is 8.47. The molecule has 0 fully saturated rings. The maximum absolute atomic E-state index is 11.7. The first kappa shape index (κ1) is 29.2. The van der Waals surface area contributed by atoms with Crippen LogP contribution in [-0.2, 0) is 34.2 Å². The summed E-state index contributed by atoms with van der Waals surface area (Å²) in [5, 5.41) is 0. The van der Waals surface area contributed by atoms with Gasteiger partial charge in [0.25, 0.3) is 0 Å². The zero-order valence-electron chi connectivity index (χ0n) is 21.7. The van der Waals surface area contributed by atoms with Gasteiger partial charge in [-0.05, 0) is 65.2 Å². The second kappa shape index (κ2) is 13.5. The van der Waals surface area contributed by atoms with Gasteiger partial charge in [-0.15, -0.1) is 0 Å². The van der Waals surface area contributed by atoms with Crippen LogP contribution in [0.3, 0.4) is 0 Å². The van der Waals surface area contributed by atoms with E-state index in [1.165, 1.54) is 48.6 Å². The fourth-order valence-electron chi connectivity index (χ4n) is 4.82. The lowest BCUT2D eigenvalue weighted by atomic mass is 9.64. The fourth-order valence-corrected chi connectivity index (χ4v) is 4.82. The van der Waals surface area contributed by atoms with Crippen molar-refractivity contribution in [2.75, 3.05) is 0 Å². The van der Waals surface area contributed by atoms with Gasteiger partial charge < -0.3 is 0 Å². The van der Waals surface area contributed by atoms with E-state index in [4.69, 9.17) is 0 Å². The highest BCUT2D eigenvalue weighted by Crippen LogP contribution is 2.53. The Morgan fingerprint density at radius 3 is 0.930 bits per heavy atom. The molecule has 43 heavy (non-hydrogen) atoms. The minimum absolute atomic E-state index is 0.0161. The molecule has 204 valence electrons. The van der Waals surface area contributed by atoms with E-state index in [9.17, 15) is 28.8 Å². The van der Waals surface area contributed by atoms with E-state index in [1.54, 1.807) is 72.8 Å². The van der Waals surface area contributed by atoms with Gasteiger partial charge in [-0.25, -0.2) is 28.8 Å². The van der Waals surface area contributed by atoms with Gasteiger partial charge in [-0.1, -0.05) is 36.4 Å². The Morgan fingerprint density at radius 2 is 0.651 bits per heavy atom. The number of hydrogen-bond donors (Lipinski definition) is 0. The summed E-state index contributed by atoms with van der Waals surface area (Å²) in [6.07, 6.45) is 8.81. The molecule has 0 aliphatic carbocycles. The highest BCUT2D eigenvalue weighted by molar-refractivity contribution is 5.80. The van der Waals surface area contributed by atoms with Crippen molar-refractivity contribution in [2.24, 2.45) is 30.0 Å². The van der Waals surface area contributed by atoms with E-state index in [-0.39, 0.29) is 39.7 Å². The first-order valence-corrected chi connectivity index (χ1v) is 12.0. The molecular weight excluding hydrogens is 552 g/mol. The Kier molecular flexibility index (Phi) is 9.14. The van der Waals surface area contributed by atoms with Gasteiger partial charge in [0.05, 0.1) is 39.5 Å². The van der Waals surface area contributed by atoms with Crippen molar-refractivity contribution in [3.05, 3.63) is 107 Å². The molecule has 0 aliphatic heterocycles. The van der Waals surface area contributed by atoms with Crippen molar-refractivity contribution in [3.8, 4) is 0 Å². The summed E-state index contributed by atoms with van der Waals surface area (Å²) in [7, 11) is 0. The SMILES string of the molecule is O=C=Nc1ccc(C(c2ccc(N=C=O)cc2)(c2ccc(N=C=O)cc2)c2c(N=C=O)cc(N=C=O)cc2N=C=O)cc1. The Labute approximate surface area is 241 Å². The molecule has 0 heterocycles. The molecule has 0 bridgehead atoms. The zero-order valence-corrected chi connectivity index (χ0v) is 21.7. The topological polar surface area (TPSA) is 177 Å². The average molecular weight is 566 g/mol. The summed E-state index contributed by atoms with van der Waals surface area (Å²) in [6, 6.07) is 21.7. The third kappa shape index (κ3) is 5.87. The first-order chi connectivity index (χ1) is 21.0. The van der Waals surface area contributed by atoms with Crippen LogP contribution in [0.1, 0.15) is 22.3 Å². The van der Waals surface area contributed by atoms with E-state index in [0.717, 1.165) is 0 Å². The molecule has 0 amide bonds. The molecule has 0 saturated carbocycles.